The van der Waals surface area contributed by atoms with Crippen molar-refractivity contribution in [2.45, 2.75) is 18.9 Å². The number of hydrogen-bond acceptors (Lipinski definition) is 2. The zero-order valence-electron chi connectivity index (χ0n) is 8.60. The molecule has 4 heteroatoms. The highest BCUT2D eigenvalue weighted by molar-refractivity contribution is 5.87. The Balaban J connectivity index is 2.22. The van der Waals surface area contributed by atoms with Crippen molar-refractivity contribution >= 4 is 17.5 Å². The van der Waals surface area contributed by atoms with Gasteiger partial charge in [0.1, 0.15) is 0 Å². The molecule has 1 aliphatic rings. The van der Waals surface area contributed by atoms with Crippen molar-refractivity contribution in [1.29, 1.82) is 0 Å². The summed E-state index contributed by atoms with van der Waals surface area (Å²) in [6, 6.07) is 7.61. The van der Waals surface area contributed by atoms with E-state index in [0.29, 0.717) is 0 Å². The Bertz CT molecular complexity index is 357. The molecule has 4 nitrogen and oxygen atoms in total. The van der Waals surface area contributed by atoms with Crippen molar-refractivity contribution < 1.29 is 9.90 Å². The van der Waals surface area contributed by atoms with Crippen LogP contribution in [0.4, 0.5) is 16.2 Å². The van der Waals surface area contributed by atoms with Crippen LogP contribution in [0.2, 0.25) is 0 Å². The van der Waals surface area contributed by atoms with Crippen LogP contribution in [0.25, 0.3) is 0 Å². The largest absolute Gasteiger partial charge is 0.465 e. The molecule has 15 heavy (non-hydrogen) atoms. The Hall–Kier alpha value is -1.71. The van der Waals surface area contributed by atoms with E-state index in [4.69, 9.17) is 5.11 Å². The molecule has 2 N–H and O–H groups in total. The second kappa shape index (κ2) is 3.81. The number of nitrogens with one attached hydrogen (secondary N) is 1. The van der Waals surface area contributed by atoms with Gasteiger partial charge in [-0.15, -0.1) is 0 Å². The van der Waals surface area contributed by atoms with Crippen LogP contribution in [0, 0.1) is 0 Å². The first-order chi connectivity index (χ1) is 7.22. The third-order valence-corrected chi connectivity index (χ3v) is 2.55. The van der Waals surface area contributed by atoms with Gasteiger partial charge < -0.3 is 10.4 Å². The van der Waals surface area contributed by atoms with Crippen LogP contribution in [0.3, 0.4) is 0 Å². The quantitative estimate of drug-likeness (QED) is 0.798. The van der Waals surface area contributed by atoms with Gasteiger partial charge in [0, 0.05) is 24.5 Å². The molecule has 2 rings (SSSR count). The molecule has 0 spiro atoms. The molecule has 0 radical (unpaired) electrons. The molecule has 80 valence electrons. The number of carboxylic acid groups (broad SMARTS) is 1. The number of rotatable bonds is 3. The van der Waals surface area contributed by atoms with Gasteiger partial charge in [0.15, 0.2) is 0 Å². The van der Waals surface area contributed by atoms with E-state index in [1.54, 1.807) is 0 Å². The number of hydrogen-bond donors (Lipinski definition) is 2. The van der Waals surface area contributed by atoms with Crippen molar-refractivity contribution in [2.75, 3.05) is 17.3 Å². The number of carbonyl (C=O) groups is 1. The summed E-state index contributed by atoms with van der Waals surface area (Å²) in [5.74, 6) is 0. The molecule has 0 atom stereocenters. The molecule has 1 saturated carbocycles. The highest BCUT2D eigenvalue weighted by Crippen LogP contribution is 2.32. The lowest BCUT2D eigenvalue weighted by Gasteiger charge is -2.18. The van der Waals surface area contributed by atoms with Gasteiger partial charge in [0.2, 0.25) is 0 Å². The molecule has 0 aliphatic heterocycles. The summed E-state index contributed by atoms with van der Waals surface area (Å²) in [7, 11) is 1.84. The minimum Gasteiger partial charge on any atom is -0.465 e. The lowest BCUT2D eigenvalue weighted by Crippen LogP contribution is -2.31. The van der Waals surface area contributed by atoms with E-state index in [1.165, 1.54) is 4.90 Å². The minimum absolute atomic E-state index is 0.183. The zero-order valence-corrected chi connectivity index (χ0v) is 8.60. The Kier molecular flexibility index (Phi) is 2.49. The van der Waals surface area contributed by atoms with Gasteiger partial charge in [0.25, 0.3) is 0 Å². The van der Waals surface area contributed by atoms with Crippen LogP contribution in [0.1, 0.15) is 12.8 Å². The normalized spacial score (nSPS) is 14.7. The Morgan fingerprint density at radius 2 is 2.00 bits per heavy atom. The smallest absolute Gasteiger partial charge is 0.412 e. The van der Waals surface area contributed by atoms with Crippen LogP contribution in [-0.2, 0) is 0 Å². The first-order valence-electron chi connectivity index (χ1n) is 5.02. The fourth-order valence-electron chi connectivity index (χ4n) is 1.60. The molecule has 1 amide bonds. The van der Waals surface area contributed by atoms with E-state index in [2.05, 4.69) is 5.32 Å². The third kappa shape index (κ3) is 2.03. The van der Waals surface area contributed by atoms with Crippen molar-refractivity contribution in [1.82, 2.24) is 0 Å². The van der Waals surface area contributed by atoms with Gasteiger partial charge in [-0.3, -0.25) is 4.90 Å². The van der Waals surface area contributed by atoms with Crippen LogP contribution in [-0.4, -0.2) is 24.3 Å². The average molecular weight is 206 g/mol. The summed E-state index contributed by atoms with van der Waals surface area (Å²) in [5, 5.41) is 12.1. The number of nitrogens with zero attached hydrogens (tertiary/aromatic N) is 1. The van der Waals surface area contributed by atoms with Crippen LogP contribution >= 0.6 is 0 Å². The summed E-state index contributed by atoms with van der Waals surface area (Å²) < 4.78 is 0. The first-order valence-corrected chi connectivity index (χ1v) is 5.02. The topological polar surface area (TPSA) is 52.6 Å². The first kappa shape index (κ1) is 9.83. The van der Waals surface area contributed by atoms with Crippen LogP contribution in [0.5, 0.6) is 0 Å². The molecule has 0 saturated heterocycles. The molecule has 1 fully saturated rings. The summed E-state index contributed by atoms with van der Waals surface area (Å²) in [5.41, 5.74) is 1.74. The Morgan fingerprint density at radius 3 is 2.40 bits per heavy atom. The average Bonchev–Trinajstić information content (AvgIpc) is 3.03. The summed E-state index contributed by atoms with van der Waals surface area (Å²) >= 11 is 0. The fraction of sp³-hybridized carbons (Fsp3) is 0.364. The molecular weight excluding hydrogens is 192 g/mol. The summed E-state index contributed by atoms with van der Waals surface area (Å²) in [4.78, 5) is 12.5. The highest BCUT2D eigenvalue weighted by Gasteiger charge is 2.33. The summed E-state index contributed by atoms with van der Waals surface area (Å²) in [6.07, 6.45) is 1.08. The number of amides is 1. The number of benzene rings is 1. The molecule has 1 aromatic carbocycles. The van der Waals surface area contributed by atoms with Crippen molar-refractivity contribution in [3.05, 3.63) is 24.3 Å². The van der Waals surface area contributed by atoms with Crippen LogP contribution < -0.4 is 10.2 Å². The van der Waals surface area contributed by atoms with Gasteiger partial charge in [-0.1, -0.05) is 0 Å². The molecule has 0 unspecified atom stereocenters. The molecule has 1 aromatic rings. The van der Waals surface area contributed by atoms with E-state index in [0.717, 1.165) is 24.2 Å². The second-order valence-electron chi connectivity index (χ2n) is 3.68. The van der Waals surface area contributed by atoms with Gasteiger partial charge >= 0.3 is 6.09 Å². The third-order valence-electron chi connectivity index (χ3n) is 2.55. The molecule has 0 heterocycles. The van der Waals surface area contributed by atoms with Crippen molar-refractivity contribution in [2.24, 2.45) is 0 Å². The standard InChI is InChI=1S/C11H14N2O2/c1-12-8-2-4-9(5-3-8)13(11(14)15)10-6-7-10/h2-5,10,12H,6-7H2,1H3,(H,14,15). The maximum absolute atomic E-state index is 11.0. The monoisotopic (exact) mass is 206 g/mol. The fourth-order valence-corrected chi connectivity index (χ4v) is 1.60. The second-order valence-corrected chi connectivity index (χ2v) is 3.68. The molecule has 0 aromatic heterocycles. The maximum atomic E-state index is 11.0. The lowest BCUT2D eigenvalue weighted by molar-refractivity contribution is 0.201. The molecule has 1 aliphatic carbocycles. The van der Waals surface area contributed by atoms with Gasteiger partial charge in [-0.2, -0.15) is 0 Å². The maximum Gasteiger partial charge on any atom is 0.412 e. The van der Waals surface area contributed by atoms with E-state index >= 15 is 0 Å². The van der Waals surface area contributed by atoms with Crippen LogP contribution in [0.15, 0.2) is 24.3 Å². The minimum atomic E-state index is -0.866. The van der Waals surface area contributed by atoms with E-state index in [-0.39, 0.29) is 6.04 Å². The lowest BCUT2D eigenvalue weighted by atomic mass is 10.2. The van der Waals surface area contributed by atoms with Gasteiger partial charge in [-0.05, 0) is 37.1 Å². The summed E-state index contributed by atoms with van der Waals surface area (Å²) in [6.45, 7) is 0. The zero-order chi connectivity index (χ0) is 10.8. The predicted molar refractivity (Wildman–Crippen MR) is 59.5 cm³/mol. The molecular formula is C11H14N2O2. The Morgan fingerprint density at radius 1 is 1.40 bits per heavy atom. The SMILES string of the molecule is CNc1ccc(N(C(=O)O)C2CC2)cc1. The highest BCUT2D eigenvalue weighted by atomic mass is 16.4. The predicted octanol–water partition coefficient (Wildman–Crippen LogP) is 2.38. The van der Waals surface area contributed by atoms with Gasteiger partial charge in [-0.25, -0.2) is 4.79 Å². The number of anilines is 2. The van der Waals surface area contributed by atoms with Gasteiger partial charge in [0.05, 0.1) is 0 Å². The Labute approximate surface area is 88.5 Å². The van der Waals surface area contributed by atoms with Crippen molar-refractivity contribution in [3.63, 3.8) is 0 Å². The van der Waals surface area contributed by atoms with E-state index in [1.807, 2.05) is 31.3 Å². The van der Waals surface area contributed by atoms with E-state index < -0.39 is 6.09 Å². The molecule has 0 bridgehead atoms. The van der Waals surface area contributed by atoms with Crippen molar-refractivity contribution in [3.8, 4) is 0 Å². The van der Waals surface area contributed by atoms with E-state index in [9.17, 15) is 4.79 Å².